The second-order valence-electron chi connectivity index (χ2n) is 3.93. The Bertz CT molecular complexity index is 633. The van der Waals surface area contributed by atoms with Crippen LogP contribution in [0.3, 0.4) is 0 Å². The quantitative estimate of drug-likeness (QED) is 0.677. The lowest BCUT2D eigenvalue weighted by atomic mass is 10.0. The van der Waals surface area contributed by atoms with Crippen molar-refractivity contribution in [2.45, 2.75) is 0 Å². The Labute approximate surface area is 114 Å². The Morgan fingerprint density at radius 2 is 1.84 bits per heavy atom. The summed E-state index contributed by atoms with van der Waals surface area (Å²) in [5.74, 6) is -1.49. The van der Waals surface area contributed by atoms with Crippen LogP contribution in [0.15, 0.2) is 48.5 Å². The average Bonchev–Trinajstić information content (AvgIpc) is 2.37. The maximum absolute atomic E-state index is 13.1. The molecule has 4 heteroatoms. The predicted molar refractivity (Wildman–Crippen MR) is 73.4 cm³/mol. The first-order chi connectivity index (χ1) is 9.06. The minimum atomic E-state index is -1.08. The summed E-state index contributed by atoms with van der Waals surface area (Å²) < 4.78 is 13.1. The second kappa shape index (κ2) is 5.67. The van der Waals surface area contributed by atoms with Gasteiger partial charge in [-0.25, -0.2) is 9.18 Å². The van der Waals surface area contributed by atoms with Crippen molar-refractivity contribution in [3.8, 4) is 0 Å². The lowest BCUT2D eigenvalue weighted by molar-refractivity contribution is -0.130. The Balaban J connectivity index is 2.46. The fourth-order valence-corrected chi connectivity index (χ4v) is 1.79. The molecule has 2 nitrogen and oxygen atoms in total. The minimum Gasteiger partial charge on any atom is -0.478 e. The number of hydrogen-bond acceptors (Lipinski definition) is 1. The van der Waals surface area contributed by atoms with Crippen LogP contribution in [0.25, 0.3) is 11.6 Å². The van der Waals surface area contributed by atoms with Crippen molar-refractivity contribution < 1.29 is 14.3 Å². The van der Waals surface area contributed by atoms with Crippen molar-refractivity contribution in [2.75, 3.05) is 0 Å². The fourth-order valence-electron chi connectivity index (χ4n) is 1.66. The standard InChI is InChI=1S/C15H10ClFO2/c16-12-6-4-11(5-7-12)14(15(18)19)9-10-2-1-3-13(17)8-10/h1-9H,(H,18,19)/b14-9-. The van der Waals surface area contributed by atoms with Crippen molar-refractivity contribution in [1.82, 2.24) is 0 Å². The number of carbonyl (C=O) groups is 1. The van der Waals surface area contributed by atoms with Gasteiger partial charge in [0.15, 0.2) is 0 Å². The highest BCUT2D eigenvalue weighted by molar-refractivity contribution is 6.30. The van der Waals surface area contributed by atoms with Crippen LogP contribution in [-0.4, -0.2) is 11.1 Å². The van der Waals surface area contributed by atoms with Gasteiger partial charge in [0.05, 0.1) is 5.57 Å². The first kappa shape index (κ1) is 13.3. The molecule has 0 aliphatic carbocycles. The van der Waals surface area contributed by atoms with E-state index in [4.69, 9.17) is 11.6 Å². The Morgan fingerprint density at radius 1 is 1.16 bits per heavy atom. The Hall–Kier alpha value is -2.13. The molecule has 0 heterocycles. The van der Waals surface area contributed by atoms with E-state index in [-0.39, 0.29) is 5.57 Å². The summed E-state index contributed by atoms with van der Waals surface area (Å²) in [6.07, 6.45) is 1.43. The van der Waals surface area contributed by atoms with E-state index in [1.165, 1.54) is 24.3 Å². The van der Waals surface area contributed by atoms with Gasteiger partial charge in [-0.15, -0.1) is 0 Å². The average molecular weight is 277 g/mol. The molecule has 0 radical (unpaired) electrons. The topological polar surface area (TPSA) is 37.3 Å². The number of hydrogen-bond donors (Lipinski definition) is 1. The Kier molecular flexibility index (Phi) is 3.97. The van der Waals surface area contributed by atoms with Gasteiger partial charge in [0, 0.05) is 5.02 Å². The number of carboxylic acids is 1. The maximum Gasteiger partial charge on any atom is 0.336 e. The number of benzene rings is 2. The van der Waals surface area contributed by atoms with Crippen LogP contribution in [0.1, 0.15) is 11.1 Å². The van der Waals surface area contributed by atoms with Gasteiger partial charge < -0.3 is 5.11 Å². The number of rotatable bonds is 3. The smallest absolute Gasteiger partial charge is 0.336 e. The molecule has 0 saturated heterocycles. The monoisotopic (exact) mass is 276 g/mol. The first-order valence-corrected chi connectivity index (χ1v) is 5.90. The zero-order chi connectivity index (χ0) is 13.8. The molecular weight excluding hydrogens is 267 g/mol. The third kappa shape index (κ3) is 3.42. The van der Waals surface area contributed by atoms with E-state index in [1.54, 1.807) is 30.3 Å². The second-order valence-corrected chi connectivity index (χ2v) is 4.36. The predicted octanol–water partition coefficient (Wildman–Crippen LogP) is 4.10. The van der Waals surface area contributed by atoms with Gasteiger partial charge >= 0.3 is 5.97 Å². The number of aliphatic carboxylic acids is 1. The van der Waals surface area contributed by atoms with Gasteiger partial charge in [-0.1, -0.05) is 35.9 Å². The molecule has 0 amide bonds. The van der Waals surface area contributed by atoms with Crippen LogP contribution >= 0.6 is 11.6 Å². The molecule has 19 heavy (non-hydrogen) atoms. The van der Waals surface area contributed by atoms with E-state index in [1.807, 2.05) is 0 Å². The summed E-state index contributed by atoms with van der Waals surface area (Å²) in [6.45, 7) is 0. The molecule has 2 aromatic rings. The normalized spacial score (nSPS) is 11.4. The van der Waals surface area contributed by atoms with Crippen molar-refractivity contribution in [2.24, 2.45) is 0 Å². The number of halogens is 2. The van der Waals surface area contributed by atoms with Crippen LogP contribution in [0.4, 0.5) is 4.39 Å². The van der Waals surface area contributed by atoms with Gasteiger partial charge in [-0.2, -0.15) is 0 Å². The zero-order valence-corrected chi connectivity index (χ0v) is 10.6. The van der Waals surface area contributed by atoms with Gasteiger partial charge in [0.25, 0.3) is 0 Å². The molecule has 0 atom stereocenters. The lowest BCUT2D eigenvalue weighted by Gasteiger charge is -2.03. The van der Waals surface area contributed by atoms with Gasteiger partial charge in [-0.3, -0.25) is 0 Å². The van der Waals surface area contributed by atoms with E-state index < -0.39 is 11.8 Å². The highest BCUT2D eigenvalue weighted by Crippen LogP contribution is 2.21. The molecule has 0 saturated carbocycles. The van der Waals surface area contributed by atoms with Crippen molar-refractivity contribution >= 4 is 29.2 Å². The van der Waals surface area contributed by atoms with E-state index >= 15 is 0 Å². The van der Waals surface area contributed by atoms with Crippen LogP contribution in [0.5, 0.6) is 0 Å². The largest absolute Gasteiger partial charge is 0.478 e. The van der Waals surface area contributed by atoms with Crippen molar-refractivity contribution in [3.63, 3.8) is 0 Å². The SMILES string of the molecule is O=C(O)/C(=C\c1cccc(F)c1)c1ccc(Cl)cc1. The highest BCUT2D eigenvalue weighted by Gasteiger charge is 2.10. The summed E-state index contributed by atoms with van der Waals surface area (Å²) >= 11 is 5.76. The van der Waals surface area contributed by atoms with Gasteiger partial charge in [0.1, 0.15) is 5.82 Å². The zero-order valence-electron chi connectivity index (χ0n) is 9.81. The van der Waals surface area contributed by atoms with E-state index in [9.17, 15) is 14.3 Å². The third-order valence-corrected chi connectivity index (χ3v) is 2.80. The molecule has 0 aliphatic heterocycles. The molecule has 1 N–H and O–H groups in total. The summed E-state index contributed by atoms with van der Waals surface area (Å²) in [4.78, 5) is 11.3. The highest BCUT2D eigenvalue weighted by atomic mass is 35.5. The molecule has 96 valence electrons. The lowest BCUT2D eigenvalue weighted by Crippen LogP contribution is -1.99. The van der Waals surface area contributed by atoms with Crippen LogP contribution < -0.4 is 0 Å². The van der Waals surface area contributed by atoms with Crippen LogP contribution in [0, 0.1) is 5.82 Å². The van der Waals surface area contributed by atoms with Crippen molar-refractivity contribution in [3.05, 3.63) is 70.5 Å². The van der Waals surface area contributed by atoms with E-state index in [0.717, 1.165) is 0 Å². The molecule has 2 aromatic carbocycles. The van der Waals surface area contributed by atoms with Crippen molar-refractivity contribution in [1.29, 1.82) is 0 Å². The molecule has 0 aromatic heterocycles. The summed E-state index contributed by atoms with van der Waals surface area (Å²) in [5, 5.41) is 9.76. The Morgan fingerprint density at radius 3 is 2.42 bits per heavy atom. The molecule has 0 fully saturated rings. The molecule has 0 bridgehead atoms. The van der Waals surface area contributed by atoms with Gasteiger partial charge in [0.2, 0.25) is 0 Å². The minimum absolute atomic E-state index is 0.0854. The third-order valence-electron chi connectivity index (χ3n) is 2.55. The summed E-state index contributed by atoms with van der Waals surface area (Å²) in [5.41, 5.74) is 1.09. The first-order valence-electron chi connectivity index (χ1n) is 5.53. The van der Waals surface area contributed by atoms with E-state index in [0.29, 0.717) is 16.1 Å². The molecular formula is C15H10ClFO2. The van der Waals surface area contributed by atoms with E-state index in [2.05, 4.69) is 0 Å². The summed E-state index contributed by atoms with van der Waals surface area (Å²) in [7, 11) is 0. The summed E-state index contributed by atoms with van der Waals surface area (Å²) in [6, 6.07) is 12.2. The van der Waals surface area contributed by atoms with Gasteiger partial charge in [-0.05, 0) is 41.5 Å². The maximum atomic E-state index is 13.1. The molecule has 2 rings (SSSR count). The molecule has 0 unspecified atom stereocenters. The molecule has 0 spiro atoms. The molecule has 0 aliphatic rings. The van der Waals surface area contributed by atoms with Crippen LogP contribution in [0.2, 0.25) is 5.02 Å². The number of carboxylic acid groups (broad SMARTS) is 1. The fraction of sp³-hybridized carbons (Fsp3) is 0. The van der Waals surface area contributed by atoms with Crippen LogP contribution in [-0.2, 0) is 4.79 Å².